The van der Waals surface area contributed by atoms with Crippen LogP contribution in [0.5, 0.6) is 0 Å². The first-order chi connectivity index (χ1) is 11.3. The SMILES string of the molecule is CN1CO[C@@H](c2ccccc2)[C@H](c2ccc3ccccc3c2)C1. The van der Waals surface area contributed by atoms with E-state index < -0.39 is 0 Å². The molecule has 4 rings (SSSR count). The number of benzene rings is 3. The lowest BCUT2D eigenvalue weighted by molar-refractivity contribution is -0.0739. The molecule has 0 aliphatic carbocycles. The zero-order valence-electron chi connectivity index (χ0n) is 13.4. The number of nitrogens with zero attached hydrogens (tertiary/aromatic N) is 1. The fourth-order valence-electron chi connectivity index (χ4n) is 3.50. The minimum atomic E-state index is 0.119. The van der Waals surface area contributed by atoms with Crippen LogP contribution in [-0.4, -0.2) is 25.2 Å². The van der Waals surface area contributed by atoms with E-state index in [-0.39, 0.29) is 6.10 Å². The lowest BCUT2D eigenvalue weighted by Gasteiger charge is -2.37. The van der Waals surface area contributed by atoms with Gasteiger partial charge in [0.15, 0.2) is 0 Å². The van der Waals surface area contributed by atoms with Crippen LogP contribution in [0.25, 0.3) is 10.8 Å². The van der Waals surface area contributed by atoms with Crippen LogP contribution in [-0.2, 0) is 4.74 Å². The summed E-state index contributed by atoms with van der Waals surface area (Å²) in [5.74, 6) is 0.348. The molecular weight excluding hydrogens is 282 g/mol. The Bertz CT molecular complexity index is 799. The predicted molar refractivity (Wildman–Crippen MR) is 94.5 cm³/mol. The summed E-state index contributed by atoms with van der Waals surface area (Å²) in [7, 11) is 2.12. The van der Waals surface area contributed by atoms with Gasteiger partial charge < -0.3 is 4.74 Å². The fraction of sp³-hybridized carbons (Fsp3) is 0.238. The van der Waals surface area contributed by atoms with E-state index in [9.17, 15) is 0 Å². The lowest BCUT2D eigenvalue weighted by atomic mass is 9.87. The highest BCUT2D eigenvalue weighted by molar-refractivity contribution is 5.83. The van der Waals surface area contributed by atoms with Crippen LogP contribution in [0.2, 0.25) is 0 Å². The number of likely N-dealkylation sites (N-methyl/N-ethyl adjacent to an activating group) is 1. The number of fused-ring (bicyclic) bond motifs is 1. The maximum atomic E-state index is 6.18. The van der Waals surface area contributed by atoms with Crippen LogP contribution in [0.4, 0.5) is 0 Å². The normalized spacial score (nSPS) is 22.3. The first kappa shape index (κ1) is 14.4. The third-order valence-electron chi connectivity index (χ3n) is 4.68. The van der Waals surface area contributed by atoms with Crippen molar-refractivity contribution in [1.29, 1.82) is 0 Å². The summed E-state index contributed by atoms with van der Waals surface area (Å²) in [4.78, 5) is 2.25. The van der Waals surface area contributed by atoms with Crippen LogP contribution >= 0.6 is 0 Å². The molecule has 0 amide bonds. The molecule has 3 aromatic carbocycles. The second-order valence-corrected chi connectivity index (χ2v) is 6.38. The van der Waals surface area contributed by atoms with Gasteiger partial charge in [-0.05, 0) is 28.9 Å². The van der Waals surface area contributed by atoms with Gasteiger partial charge >= 0.3 is 0 Å². The van der Waals surface area contributed by atoms with Crippen molar-refractivity contribution in [3.8, 4) is 0 Å². The van der Waals surface area contributed by atoms with Gasteiger partial charge in [-0.15, -0.1) is 0 Å². The highest BCUT2D eigenvalue weighted by Crippen LogP contribution is 2.38. The molecule has 0 radical (unpaired) electrons. The van der Waals surface area contributed by atoms with Gasteiger partial charge in [0.25, 0.3) is 0 Å². The van der Waals surface area contributed by atoms with Crippen molar-refractivity contribution in [2.24, 2.45) is 0 Å². The summed E-state index contributed by atoms with van der Waals surface area (Å²) in [5, 5.41) is 2.59. The summed E-state index contributed by atoms with van der Waals surface area (Å²) in [6.07, 6.45) is 0.119. The molecule has 0 saturated carbocycles. The van der Waals surface area contributed by atoms with E-state index in [0.29, 0.717) is 12.6 Å². The zero-order valence-corrected chi connectivity index (χ0v) is 13.4. The van der Waals surface area contributed by atoms with Crippen LogP contribution in [0, 0.1) is 0 Å². The van der Waals surface area contributed by atoms with Crippen molar-refractivity contribution >= 4 is 10.8 Å². The Kier molecular flexibility index (Phi) is 3.86. The van der Waals surface area contributed by atoms with Crippen molar-refractivity contribution in [1.82, 2.24) is 4.90 Å². The van der Waals surface area contributed by atoms with Crippen molar-refractivity contribution in [3.63, 3.8) is 0 Å². The standard InChI is InChI=1S/C21H21NO/c1-22-14-20(21(23-15-22)17-8-3-2-4-9-17)19-12-11-16-7-5-6-10-18(16)13-19/h2-13,20-21H,14-15H2,1H3/t20-,21-/m0/s1. The molecule has 2 nitrogen and oxygen atoms in total. The summed E-state index contributed by atoms with van der Waals surface area (Å²) < 4.78 is 6.18. The van der Waals surface area contributed by atoms with Crippen molar-refractivity contribution < 1.29 is 4.74 Å². The first-order valence-electron chi connectivity index (χ1n) is 8.15. The molecule has 2 heteroatoms. The minimum absolute atomic E-state index is 0.119. The van der Waals surface area contributed by atoms with Gasteiger partial charge in [0, 0.05) is 12.5 Å². The predicted octanol–water partition coefficient (Wildman–Crippen LogP) is 4.58. The second kappa shape index (κ2) is 6.15. The summed E-state index contributed by atoms with van der Waals surface area (Å²) in [6, 6.07) is 25.9. The van der Waals surface area contributed by atoms with E-state index in [0.717, 1.165) is 6.54 Å². The third kappa shape index (κ3) is 2.88. The van der Waals surface area contributed by atoms with E-state index in [1.807, 2.05) is 0 Å². The van der Waals surface area contributed by atoms with Crippen molar-refractivity contribution in [2.45, 2.75) is 12.0 Å². The zero-order chi connectivity index (χ0) is 15.6. The molecule has 2 atom stereocenters. The Morgan fingerprint density at radius 1 is 0.826 bits per heavy atom. The van der Waals surface area contributed by atoms with Crippen LogP contribution in [0.1, 0.15) is 23.1 Å². The van der Waals surface area contributed by atoms with Crippen LogP contribution in [0.3, 0.4) is 0 Å². The molecule has 116 valence electrons. The summed E-state index contributed by atoms with van der Waals surface area (Å²) in [6.45, 7) is 1.70. The highest BCUT2D eigenvalue weighted by atomic mass is 16.5. The Morgan fingerprint density at radius 2 is 1.57 bits per heavy atom. The number of ether oxygens (including phenoxy) is 1. The lowest BCUT2D eigenvalue weighted by Crippen LogP contribution is -2.37. The van der Waals surface area contributed by atoms with Crippen molar-refractivity contribution in [2.75, 3.05) is 20.3 Å². The smallest absolute Gasteiger partial charge is 0.0996 e. The number of hydrogen-bond donors (Lipinski definition) is 0. The molecule has 1 aliphatic rings. The number of hydrogen-bond acceptors (Lipinski definition) is 2. The maximum absolute atomic E-state index is 6.18. The molecule has 0 spiro atoms. The van der Waals surface area contributed by atoms with E-state index in [1.165, 1.54) is 21.9 Å². The van der Waals surface area contributed by atoms with E-state index in [2.05, 4.69) is 84.7 Å². The monoisotopic (exact) mass is 303 g/mol. The Labute approximate surface area is 137 Å². The molecule has 0 N–H and O–H groups in total. The molecule has 3 aromatic rings. The second-order valence-electron chi connectivity index (χ2n) is 6.38. The molecular formula is C21H21NO. The van der Waals surface area contributed by atoms with Gasteiger partial charge in [0.2, 0.25) is 0 Å². The van der Waals surface area contributed by atoms with Gasteiger partial charge in [-0.3, -0.25) is 4.90 Å². The molecule has 0 bridgehead atoms. The topological polar surface area (TPSA) is 12.5 Å². The summed E-state index contributed by atoms with van der Waals surface area (Å²) >= 11 is 0. The number of rotatable bonds is 2. The minimum Gasteiger partial charge on any atom is -0.357 e. The largest absolute Gasteiger partial charge is 0.357 e. The van der Waals surface area contributed by atoms with Crippen LogP contribution in [0.15, 0.2) is 72.8 Å². The Morgan fingerprint density at radius 3 is 2.39 bits per heavy atom. The molecule has 23 heavy (non-hydrogen) atoms. The van der Waals surface area contributed by atoms with Crippen molar-refractivity contribution in [3.05, 3.63) is 83.9 Å². The summed E-state index contributed by atoms with van der Waals surface area (Å²) in [5.41, 5.74) is 2.61. The Balaban J connectivity index is 1.75. The highest BCUT2D eigenvalue weighted by Gasteiger charge is 2.31. The van der Waals surface area contributed by atoms with E-state index in [1.54, 1.807) is 0 Å². The molecule has 0 unspecified atom stereocenters. The Hall–Kier alpha value is -2.16. The van der Waals surface area contributed by atoms with Gasteiger partial charge in [-0.1, -0.05) is 72.8 Å². The molecule has 0 aromatic heterocycles. The maximum Gasteiger partial charge on any atom is 0.0996 e. The van der Waals surface area contributed by atoms with Crippen LogP contribution < -0.4 is 0 Å². The van der Waals surface area contributed by atoms with E-state index >= 15 is 0 Å². The molecule has 1 saturated heterocycles. The molecule has 1 aliphatic heterocycles. The fourth-order valence-corrected chi connectivity index (χ4v) is 3.50. The quantitative estimate of drug-likeness (QED) is 0.687. The molecule has 1 heterocycles. The van der Waals surface area contributed by atoms with Gasteiger partial charge in [0.1, 0.15) is 0 Å². The molecule has 1 fully saturated rings. The van der Waals surface area contributed by atoms with Gasteiger partial charge in [0.05, 0.1) is 12.8 Å². The van der Waals surface area contributed by atoms with Gasteiger partial charge in [-0.25, -0.2) is 0 Å². The average Bonchev–Trinajstić information content (AvgIpc) is 2.62. The van der Waals surface area contributed by atoms with Gasteiger partial charge in [-0.2, -0.15) is 0 Å². The average molecular weight is 303 g/mol. The first-order valence-corrected chi connectivity index (χ1v) is 8.15. The van der Waals surface area contributed by atoms with E-state index in [4.69, 9.17) is 4.74 Å². The third-order valence-corrected chi connectivity index (χ3v) is 4.68.